The summed E-state index contributed by atoms with van der Waals surface area (Å²) < 4.78 is 15.6. The quantitative estimate of drug-likeness (QED) is 0.488. The van der Waals surface area contributed by atoms with Crippen molar-refractivity contribution in [3.63, 3.8) is 0 Å². The van der Waals surface area contributed by atoms with Crippen molar-refractivity contribution in [2.24, 2.45) is 5.92 Å². The fraction of sp³-hybridized carbons (Fsp3) is 0.867. The Balaban J connectivity index is 3.25. The number of rotatable bonds is 14. The van der Waals surface area contributed by atoms with Crippen molar-refractivity contribution in [3.8, 4) is 0 Å². The number of ether oxygens (including phenoxy) is 3. The van der Waals surface area contributed by atoms with Gasteiger partial charge in [0, 0.05) is 13.2 Å². The van der Waals surface area contributed by atoms with Crippen LogP contribution in [0.15, 0.2) is 0 Å². The van der Waals surface area contributed by atoms with Crippen molar-refractivity contribution in [2.45, 2.75) is 33.6 Å². The normalized spacial score (nSPS) is 12.1. The van der Waals surface area contributed by atoms with Crippen LogP contribution in [0.1, 0.15) is 33.6 Å². The summed E-state index contributed by atoms with van der Waals surface area (Å²) in [6.45, 7) is 8.27. The monoisotopic (exact) mass is 303 g/mol. The zero-order valence-corrected chi connectivity index (χ0v) is 13.5. The van der Waals surface area contributed by atoms with Gasteiger partial charge in [-0.05, 0) is 19.3 Å². The fourth-order valence-corrected chi connectivity index (χ4v) is 1.40. The van der Waals surface area contributed by atoms with Gasteiger partial charge in [0.2, 0.25) is 5.91 Å². The van der Waals surface area contributed by atoms with E-state index >= 15 is 0 Å². The highest BCUT2D eigenvalue weighted by molar-refractivity contribution is 5.77. The second-order valence-electron chi connectivity index (χ2n) is 5.07. The lowest BCUT2D eigenvalue weighted by molar-refractivity contribution is -0.126. The predicted octanol–water partition coefficient (Wildman–Crippen LogP) is 1.18. The molecule has 0 heterocycles. The predicted molar refractivity (Wildman–Crippen MR) is 80.2 cm³/mol. The molecular weight excluding hydrogens is 274 g/mol. The van der Waals surface area contributed by atoms with Crippen LogP contribution in [0, 0.1) is 5.92 Å². The smallest absolute Gasteiger partial charge is 0.246 e. The van der Waals surface area contributed by atoms with Gasteiger partial charge in [-0.15, -0.1) is 0 Å². The third-order valence-electron chi connectivity index (χ3n) is 2.93. The molecule has 1 unspecified atom stereocenters. The van der Waals surface area contributed by atoms with Crippen molar-refractivity contribution in [3.05, 3.63) is 0 Å². The number of amides is 1. The summed E-state index contributed by atoms with van der Waals surface area (Å²) in [5.74, 6) is 0.498. The zero-order chi connectivity index (χ0) is 15.9. The molecule has 0 aliphatic rings. The highest BCUT2D eigenvalue weighted by Gasteiger charge is 2.02. The number of hydrogen-bond donors (Lipinski definition) is 1. The molecule has 0 rings (SSSR count). The second-order valence-corrected chi connectivity index (χ2v) is 5.07. The first-order valence-electron chi connectivity index (χ1n) is 7.55. The van der Waals surface area contributed by atoms with Gasteiger partial charge in [-0.3, -0.25) is 9.59 Å². The van der Waals surface area contributed by atoms with Crippen molar-refractivity contribution in [1.29, 1.82) is 0 Å². The minimum Gasteiger partial charge on any atom is -0.377 e. The molecule has 0 bridgehead atoms. The second kappa shape index (κ2) is 14.0. The summed E-state index contributed by atoms with van der Waals surface area (Å²) in [5.41, 5.74) is 0. The SMILES string of the molecule is CCC(C)CCOCC(=O)NCCOCCOCC(C)=O. The Morgan fingerprint density at radius 1 is 1.00 bits per heavy atom. The van der Waals surface area contributed by atoms with Crippen LogP contribution >= 0.6 is 0 Å². The first-order chi connectivity index (χ1) is 10.1. The Labute approximate surface area is 127 Å². The number of Topliss-reactive ketones (excluding diaryl/α,β-unsaturated/α-hetero) is 1. The van der Waals surface area contributed by atoms with Crippen LogP contribution in [-0.2, 0) is 23.8 Å². The van der Waals surface area contributed by atoms with Gasteiger partial charge in [0.05, 0.1) is 19.8 Å². The number of hydrogen-bond acceptors (Lipinski definition) is 5. The lowest BCUT2D eigenvalue weighted by atomic mass is 10.1. The van der Waals surface area contributed by atoms with Gasteiger partial charge in [-0.1, -0.05) is 20.3 Å². The van der Waals surface area contributed by atoms with E-state index in [4.69, 9.17) is 14.2 Å². The number of ketones is 1. The lowest BCUT2D eigenvalue weighted by Gasteiger charge is -2.09. The standard InChI is InChI=1S/C15H29NO5/c1-4-13(2)5-7-20-12-15(18)16-6-8-19-9-10-21-11-14(3)17/h13H,4-12H2,1-3H3,(H,16,18). The van der Waals surface area contributed by atoms with Gasteiger partial charge in [0.1, 0.15) is 13.2 Å². The molecule has 0 aromatic rings. The Hall–Kier alpha value is -0.980. The van der Waals surface area contributed by atoms with E-state index in [0.29, 0.717) is 38.9 Å². The van der Waals surface area contributed by atoms with E-state index in [1.165, 1.54) is 6.92 Å². The summed E-state index contributed by atoms with van der Waals surface area (Å²) in [7, 11) is 0. The Kier molecular flexibility index (Phi) is 13.3. The van der Waals surface area contributed by atoms with Crippen LogP contribution in [0.2, 0.25) is 0 Å². The zero-order valence-electron chi connectivity index (χ0n) is 13.5. The van der Waals surface area contributed by atoms with E-state index < -0.39 is 0 Å². The minimum absolute atomic E-state index is 0.00408. The maximum atomic E-state index is 11.4. The number of nitrogens with one attached hydrogen (secondary N) is 1. The average Bonchev–Trinajstić information content (AvgIpc) is 2.45. The molecule has 0 aromatic carbocycles. The average molecular weight is 303 g/mol. The van der Waals surface area contributed by atoms with Gasteiger partial charge < -0.3 is 19.5 Å². The molecule has 0 aliphatic carbocycles. The van der Waals surface area contributed by atoms with Crippen LogP contribution in [0.4, 0.5) is 0 Å². The summed E-state index contributed by atoms with van der Waals surface area (Å²) in [6.07, 6.45) is 2.11. The summed E-state index contributed by atoms with van der Waals surface area (Å²) in [5, 5.41) is 2.71. The topological polar surface area (TPSA) is 73.9 Å². The molecule has 0 saturated heterocycles. The lowest BCUT2D eigenvalue weighted by Crippen LogP contribution is -2.31. The molecule has 21 heavy (non-hydrogen) atoms. The van der Waals surface area contributed by atoms with Crippen molar-refractivity contribution < 1.29 is 23.8 Å². The highest BCUT2D eigenvalue weighted by Crippen LogP contribution is 2.05. The molecule has 0 aliphatic heterocycles. The Morgan fingerprint density at radius 2 is 1.67 bits per heavy atom. The number of carbonyl (C=O) groups is 2. The van der Waals surface area contributed by atoms with Crippen LogP contribution < -0.4 is 5.32 Å². The molecule has 0 radical (unpaired) electrons. The summed E-state index contributed by atoms with van der Waals surface area (Å²) in [6, 6.07) is 0. The van der Waals surface area contributed by atoms with Gasteiger partial charge in [0.25, 0.3) is 0 Å². The maximum absolute atomic E-state index is 11.4. The van der Waals surface area contributed by atoms with E-state index in [1.54, 1.807) is 0 Å². The third-order valence-corrected chi connectivity index (χ3v) is 2.93. The number of carbonyl (C=O) groups excluding carboxylic acids is 2. The van der Waals surface area contributed by atoms with Crippen molar-refractivity contribution >= 4 is 11.7 Å². The molecule has 6 heteroatoms. The van der Waals surface area contributed by atoms with Crippen LogP contribution in [-0.4, -0.2) is 57.9 Å². The van der Waals surface area contributed by atoms with Gasteiger partial charge in [-0.2, -0.15) is 0 Å². The van der Waals surface area contributed by atoms with Gasteiger partial charge in [-0.25, -0.2) is 0 Å². The first-order valence-corrected chi connectivity index (χ1v) is 7.55. The molecule has 1 atom stereocenters. The Morgan fingerprint density at radius 3 is 2.33 bits per heavy atom. The van der Waals surface area contributed by atoms with Crippen LogP contribution in [0.5, 0.6) is 0 Å². The van der Waals surface area contributed by atoms with Crippen LogP contribution in [0.25, 0.3) is 0 Å². The van der Waals surface area contributed by atoms with E-state index in [2.05, 4.69) is 19.2 Å². The van der Waals surface area contributed by atoms with Gasteiger partial charge in [0.15, 0.2) is 5.78 Å². The summed E-state index contributed by atoms with van der Waals surface area (Å²) in [4.78, 5) is 22.0. The summed E-state index contributed by atoms with van der Waals surface area (Å²) >= 11 is 0. The molecular formula is C15H29NO5. The molecule has 1 N–H and O–H groups in total. The molecule has 0 saturated carbocycles. The van der Waals surface area contributed by atoms with E-state index in [-0.39, 0.29) is 24.9 Å². The van der Waals surface area contributed by atoms with Crippen molar-refractivity contribution in [2.75, 3.05) is 46.2 Å². The largest absolute Gasteiger partial charge is 0.377 e. The van der Waals surface area contributed by atoms with Crippen LogP contribution in [0.3, 0.4) is 0 Å². The molecule has 0 aromatic heterocycles. The first kappa shape index (κ1) is 20.0. The minimum atomic E-state index is -0.129. The fourth-order valence-electron chi connectivity index (χ4n) is 1.40. The van der Waals surface area contributed by atoms with Gasteiger partial charge >= 0.3 is 0 Å². The van der Waals surface area contributed by atoms with Crippen molar-refractivity contribution in [1.82, 2.24) is 5.32 Å². The van der Waals surface area contributed by atoms with E-state index in [1.807, 2.05) is 0 Å². The molecule has 0 spiro atoms. The van der Waals surface area contributed by atoms with E-state index in [9.17, 15) is 9.59 Å². The molecule has 6 nitrogen and oxygen atoms in total. The molecule has 124 valence electrons. The Bertz CT molecular complexity index is 283. The molecule has 1 amide bonds. The van der Waals surface area contributed by atoms with E-state index in [0.717, 1.165) is 12.8 Å². The third kappa shape index (κ3) is 15.2. The highest BCUT2D eigenvalue weighted by atomic mass is 16.5. The maximum Gasteiger partial charge on any atom is 0.246 e. The molecule has 0 fully saturated rings.